The van der Waals surface area contributed by atoms with Crippen LogP contribution in [0.5, 0.6) is 11.5 Å². The number of methoxy groups -OCH3 is 2. The van der Waals surface area contributed by atoms with Crippen molar-refractivity contribution in [3.05, 3.63) is 142 Å². The van der Waals surface area contributed by atoms with Gasteiger partial charge in [0.2, 0.25) is 11.6 Å². The van der Waals surface area contributed by atoms with Crippen LogP contribution in [0.2, 0.25) is 0 Å². The van der Waals surface area contributed by atoms with E-state index in [2.05, 4.69) is 25.6 Å². The van der Waals surface area contributed by atoms with Gasteiger partial charge in [-0.15, -0.1) is 23.5 Å². The maximum absolute atomic E-state index is 13.4. The number of aromatic amines is 1. The minimum Gasteiger partial charge on any atom is -0.497 e. The number of pyridine rings is 2. The van der Waals surface area contributed by atoms with Crippen LogP contribution in [0.3, 0.4) is 0 Å². The zero-order valence-corrected chi connectivity index (χ0v) is 32.3. The Morgan fingerprint density at radius 2 is 1.31 bits per heavy atom. The Hall–Kier alpha value is -5.99. The second kappa shape index (κ2) is 15.8. The van der Waals surface area contributed by atoms with Gasteiger partial charge < -0.3 is 29.8 Å². The lowest BCUT2D eigenvalue weighted by Gasteiger charge is -2.19. The lowest BCUT2D eigenvalue weighted by atomic mass is 10.1. The van der Waals surface area contributed by atoms with E-state index < -0.39 is 11.7 Å². The molecule has 14 heteroatoms. The molecule has 0 saturated carbocycles. The molecule has 2 aliphatic rings. The molecule has 0 amide bonds. The molecule has 3 N–H and O–H groups in total. The van der Waals surface area contributed by atoms with E-state index in [1.807, 2.05) is 54.1 Å². The minimum absolute atomic E-state index is 0.0166. The topological polar surface area (TPSA) is 149 Å². The number of H-pyrrole nitrogens is 1. The van der Waals surface area contributed by atoms with Gasteiger partial charge in [-0.1, -0.05) is 12.1 Å². The van der Waals surface area contributed by atoms with Crippen molar-refractivity contribution in [1.29, 1.82) is 0 Å². The van der Waals surface area contributed by atoms with E-state index in [-0.39, 0.29) is 22.3 Å². The van der Waals surface area contributed by atoms with Crippen LogP contribution in [0.25, 0.3) is 21.8 Å². The molecule has 2 aromatic carbocycles. The number of carbonyl (C=O) groups excluding carboxylic acids is 3. The Labute approximate surface area is 325 Å². The molecule has 4 aromatic heterocycles. The number of benzene rings is 2. The monoisotopic (exact) mass is 774 g/mol. The van der Waals surface area contributed by atoms with Gasteiger partial charge in [-0.2, -0.15) is 0 Å². The van der Waals surface area contributed by atoms with E-state index in [9.17, 15) is 14.4 Å². The molecule has 0 saturated heterocycles. The third kappa shape index (κ3) is 8.10. The number of fused-ring (bicyclic) bond motifs is 2. The molecular weight excluding hydrogens is 737 g/mol. The van der Waals surface area contributed by atoms with Crippen molar-refractivity contribution < 1.29 is 28.6 Å². The Morgan fingerprint density at radius 3 is 1.85 bits per heavy atom. The first-order chi connectivity index (χ1) is 26.5. The fourth-order valence-electron chi connectivity index (χ4n) is 6.00. The number of ether oxygens (including phenoxy) is 3. The van der Waals surface area contributed by atoms with E-state index in [0.29, 0.717) is 39.2 Å². The minimum atomic E-state index is -0.667. The van der Waals surface area contributed by atoms with Gasteiger partial charge in [0.25, 0.3) is 0 Å². The first-order valence-corrected chi connectivity index (χ1v) is 19.1. The van der Waals surface area contributed by atoms with Crippen molar-refractivity contribution in [2.24, 2.45) is 0 Å². The highest BCUT2D eigenvalue weighted by atomic mass is 32.2. The van der Waals surface area contributed by atoms with E-state index >= 15 is 0 Å². The van der Waals surface area contributed by atoms with Crippen LogP contribution in [0.4, 0.5) is 4.79 Å². The number of thioether (sulfide) groups is 2. The van der Waals surface area contributed by atoms with Gasteiger partial charge in [0.15, 0.2) is 0 Å². The van der Waals surface area contributed by atoms with E-state index in [4.69, 9.17) is 14.2 Å². The zero-order chi connectivity index (χ0) is 38.7. The Morgan fingerprint density at radius 1 is 0.745 bits per heavy atom. The average molecular weight is 775 g/mol. The molecular formula is C41H38N6O6S2. The van der Waals surface area contributed by atoms with E-state index in [1.165, 1.54) is 22.5 Å². The highest BCUT2D eigenvalue weighted by molar-refractivity contribution is 8.02. The maximum Gasteiger partial charge on any atom is 0.419 e. The number of carbonyl (C=O) groups is 3. The summed E-state index contributed by atoms with van der Waals surface area (Å²) in [5, 5.41) is 11.7. The molecule has 6 heterocycles. The summed E-state index contributed by atoms with van der Waals surface area (Å²) < 4.78 is 17.4. The fourth-order valence-corrected chi connectivity index (χ4v) is 7.88. The summed E-state index contributed by atoms with van der Waals surface area (Å²) in [6, 6.07) is 18.6. The standard InChI is InChI=1S/C23H23N3O4S.C18H15N3O2S/c1-23(2,3)30-22(28)26-12-17(16-8-7-15(29-4)10-19(16)26)20(27)18-13-31-21(25-18)14-6-5-9-24-11-14;1-23-12-4-5-13-14(9-20-15(13)7-12)17(22)16-10-24-18(21-16)11-3-2-6-19-8-11/h5-13,21,25H,1-4H3;2-10,18,20-21H,1H3. The fraction of sp³-hybridized carbons (Fsp3) is 0.195. The van der Waals surface area contributed by atoms with Crippen molar-refractivity contribution in [3.63, 3.8) is 0 Å². The number of rotatable bonds is 8. The molecule has 8 rings (SSSR count). The van der Waals surface area contributed by atoms with Gasteiger partial charge in [0, 0.05) is 93.1 Å². The van der Waals surface area contributed by atoms with Crippen LogP contribution < -0.4 is 20.1 Å². The van der Waals surface area contributed by atoms with Gasteiger partial charge in [-0.25, -0.2) is 4.79 Å². The molecule has 6 aromatic rings. The van der Waals surface area contributed by atoms with Gasteiger partial charge in [0.1, 0.15) is 27.8 Å². The van der Waals surface area contributed by atoms with Gasteiger partial charge >= 0.3 is 6.09 Å². The molecule has 0 spiro atoms. The number of aromatic nitrogens is 4. The number of hydrogen-bond donors (Lipinski definition) is 3. The Balaban J connectivity index is 0.000000174. The first-order valence-electron chi connectivity index (χ1n) is 17.2. The summed E-state index contributed by atoms with van der Waals surface area (Å²) in [5.74, 6) is 1.12. The second-order valence-corrected chi connectivity index (χ2v) is 15.5. The second-order valence-electron chi connectivity index (χ2n) is 13.5. The number of nitrogens with one attached hydrogen (secondary N) is 3. The predicted molar refractivity (Wildman–Crippen MR) is 215 cm³/mol. The molecule has 2 atom stereocenters. The molecule has 55 heavy (non-hydrogen) atoms. The van der Waals surface area contributed by atoms with Crippen molar-refractivity contribution in [3.8, 4) is 11.5 Å². The predicted octanol–water partition coefficient (Wildman–Crippen LogP) is 8.52. The van der Waals surface area contributed by atoms with Crippen LogP contribution in [0.1, 0.15) is 63.4 Å². The van der Waals surface area contributed by atoms with Crippen LogP contribution in [-0.2, 0) is 4.74 Å². The summed E-state index contributed by atoms with van der Waals surface area (Å²) in [4.78, 5) is 50.4. The van der Waals surface area contributed by atoms with Crippen LogP contribution >= 0.6 is 23.5 Å². The largest absolute Gasteiger partial charge is 0.497 e. The van der Waals surface area contributed by atoms with E-state index in [1.54, 1.807) is 95.1 Å². The smallest absolute Gasteiger partial charge is 0.419 e. The lowest BCUT2D eigenvalue weighted by Crippen LogP contribution is -2.26. The quantitative estimate of drug-likeness (QED) is 0.127. The molecule has 12 nitrogen and oxygen atoms in total. The van der Waals surface area contributed by atoms with Gasteiger partial charge in [-0.3, -0.25) is 24.1 Å². The van der Waals surface area contributed by atoms with Gasteiger partial charge in [0.05, 0.1) is 36.7 Å². The van der Waals surface area contributed by atoms with Crippen molar-refractivity contribution >= 4 is 63.0 Å². The average Bonchev–Trinajstić information content (AvgIpc) is 4.03. The highest BCUT2D eigenvalue weighted by Crippen LogP contribution is 2.37. The normalized spacial score (nSPS) is 16.3. The Bertz CT molecular complexity index is 2450. The molecule has 0 fully saturated rings. The van der Waals surface area contributed by atoms with Crippen LogP contribution in [0.15, 0.2) is 120 Å². The number of hydrogen-bond acceptors (Lipinski definition) is 12. The summed E-state index contributed by atoms with van der Waals surface area (Å²) in [6.07, 6.45) is 9.75. The number of allylic oxidation sites excluding steroid dienone is 2. The molecule has 0 radical (unpaired) electrons. The molecule has 2 unspecified atom stereocenters. The molecule has 280 valence electrons. The molecule has 2 aliphatic heterocycles. The van der Waals surface area contributed by atoms with Crippen molar-refractivity contribution in [1.82, 2.24) is 30.2 Å². The van der Waals surface area contributed by atoms with Crippen molar-refractivity contribution in [2.45, 2.75) is 37.1 Å². The number of ketones is 2. The van der Waals surface area contributed by atoms with E-state index in [0.717, 1.165) is 27.8 Å². The Kier molecular flexibility index (Phi) is 10.7. The maximum atomic E-state index is 13.4. The number of Topliss-reactive ketones (excluding diaryl/α,β-unsaturated/α-hetero) is 2. The summed E-state index contributed by atoms with van der Waals surface area (Å²) >= 11 is 3.08. The van der Waals surface area contributed by atoms with Crippen LogP contribution in [0, 0.1) is 0 Å². The molecule has 0 bridgehead atoms. The lowest BCUT2D eigenvalue weighted by molar-refractivity contribution is 0.0544. The molecule has 0 aliphatic carbocycles. The third-order valence-electron chi connectivity index (χ3n) is 8.66. The van der Waals surface area contributed by atoms with Gasteiger partial charge in [-0.05, 0) is 57.2 Å². The first kappa shape index (κ1) is 37.3. The summed E-state index contributed by atoms with van der Waals surface area (Å²) in [5.41, 5.74) is 4.93. The number of nitrogens with zero attached hydrogens (tertiary/aromatic N) is 3. The zero-order valence-electron chi connectivity index (χ0n) is 30.7. The summed E-state index contributed by atoms with van der Waals surface area (Å²) in [7, 11) is 3.18. The highest BCUT2D eigenvalue weighted by Gasteiger charge is 2.29. The van der Waals surface area contributed by atoms with Crippen LogP contribution in [-0.4, -0.2) is 57.0 Å². The summed E-state index contributed by atoms with van der Waals surface area (Å²) in [6.45, 7) is 5.39. The van der Waals surface area contributed by atoms with Crippen molar-refractivity contribution in [2.75, 3.05) is 14.2 Å². The third-order valence-corrected chi connectivity index (χ3v) is 10.7. The SMILES string of the molecule is COc1ccc2c(C(=O)C3=CSC(c4cccnc4)N3)c[nH]c2c1.COc1ccc2c(C(=O)C3=CSC(c4cccnc4)N3)cn(C(=O)OC(C)(C)C)c2c1.